The highest BCUT2D eigenvalue weighted by Crippen LogP contribution is 2.29. The number of nitrogens with zero attached hydrogens (tertiary/aromatic N) is 2. The number of thiazole rings is 2. The first-order valence-corrected chi connectivity index (χ1v) is 9.94. The Labute approximate surface area is 168 Å². The second-order valence-electron chi connectivity index (χ2n) is 5.72. The molecule has 2 aromatic carbocycles. The maximum Gasteiger partial charge on any atom is 0.276 e. The molecule has 0 fully saturated rings. The highest BCUT2D eigenvalue weighted by atomic mass is 32.1. The van der Waals surface area contributed by atoms with Gasteiger partial charge in [-0.15, -0.1) is 11.3 Å². The number of carbonyl (C=O) groups excluding carboxylic acids is 2. The maximum absolute atomic E-state index is 12.5. The molecular formula is C19H14N4O3S2. The van der Waals surface area contributed by atoms with Crippen molar-refractivity contribution >= 4 is 55.5 Å². The summed E-state index contributed by atoms with van der Waals surface area (Å²) in [5.41, 5.74) is 3.83. The normalized spacial score (nSPS) is 10.6. The van der Waals surface area contributed by atoms with E-state index in [0.29, 0.717) is 27.8 Å². The number of hydrogen-bond acceptors (Lipinski definition) is 7. The van der Waals surface area contributed by atoms with Crippen LogP contribution in [0.1, 0.15) is 20.8 Å². The van der Waals surface area contributed by atoms with Crippen molar-refractivity contribution in [3.05, 3.63) is 64.6 Å². The Balaban J connectivity index is 1.51. The van der Waals surface area contributed by atoms with Gasteiger partial charge in [0, 0.05) is 16.6 Å². The molecule has 0 saturated carbocycles. The van der Waals surface area contributed by atoms with Crippen LogP contribution in [0.15, 0.2) is 53.4 Å². The molecule has 0 spiro atoms. The van der Waals surface area contributed by atoms with Crippen molar-refractivity contribution < 1.29 is 14.3 Å². The van der Waals surface area contributed by atoms with E-state index in [-0.39, 0.29) is 11.8 Å². The highest BCUT2D eigenvalue weighted by Gasteiger charge is 2.13. The van der Waals surface area contributed by atoms with E-state index in [1.54, 1.807) is 54.4 Å². The zero-order chi connectivity index (χ0) is 19.5. The first-order valence-electron chi connectivity index (χ1n) is 8.18. The van der Waals surface area contributed by atoms with Gasteiger partial charge in [-0.25, -0.2) is 9.97 Å². The summed E-state index contributed by atoms with van der Waals surface area (Å²) in [5, 5.41) is 7.76. The zero-order valence-corrected chi connectivity index (χ0v) is 16.3. The molecule has 2 aromatic heterocycles. The molecule has 0 unspecified atom stereocenters. The minimum Gasteiger partial charge on any atom is -0.497 e. The van der Waals surface area contributed by atoms with Gasteiger partial charge in [-0.1, -0.05) is 17.4 Å². The van der Waals surface area contributed by atoms with Crippen LogP contribution in [0.5, 0.6) is 5.75 Å². The van der Waals surface area contributed by atoms with Crippen LogP contribution in [0.25, 0.3) is 10.2 Å². The van der Waals surface area contributed by atoms with Gasteiger partial charge in [-0.05, 0) is 36.4 Å². The molecule has 140 valence electrons. The van der Waals surface area contributed by atoms with E-state index in [1.165, 1.54) is 22.7 Å². The number of fused-ring (bicyclic) bond motifs is 1. The van der Waals surface area contributed by atoms with Gasteiger partial charge >= 0.3 is 0 Å². The number of ether oxygens (including phenoxy) is 1. The fraction of sp³-hybridized carbons (Fsp3) is 0.0526. The van der Waals surface area contributed by atoms with Crippen molar-refractivity contribution in [1.82, 2.24) is 9.97 Å². The lowest BCUT2D eigenvalue weighted by Gasteiger charge is -2.06. The molecule has 0 bridgehead atoms. The Kier molecular flexibility index (Phi) is 5.00. The van der Waals surface area contributed by atoms with Crippen molar-refractivity contribution in [2.75, 3.05) is 17.7 Å². The number of carbonyl (C=O) groups is 2. The van der Waals surface area contributed by atoms with Gasteiger partial charge in [-0.3, -0.25) is 14.9 Å². The standard InChI is InChI=1S/C19H14N4O3S2/c1-26-13-4-2-3-11(7-13)17(24)21-12-5-6-14-16(8-12)28-19(22-14)23-18(25)15-9-27-10-20-15/h2-10H,1H3,(H,21,24)(H,22,23,25). The van der Waals surface area contributed by atoms with Crippen LogP contribution in [0.2, 0.25) is 0 Å². The largest absolute Gasteiger partial charge is 0.497 e. The second kappa shape index (κ2) is 7.75. The average molecular weight is 410 g/mol. The summed E-state index contributed by atoms with van der Waals surface area (Å²) in [6.45, 7) is 0. The zero-order valence-electron chi connectivity index (χ0n) is 14.6. The predicted molar refractivity (Wildman–Crippen MR) is 111 cm³/mol. The lowest BCUT2D eigenvalue weighted by atomic mass is 10.2. The summed E-state index contributed by atoms with van der Waals surface area (Å²) in [7, 11) is 1.56. The van der Waals surface area contributed by atoms with E-state index in [4.69, 9.17) is 4.74 Å². The van der Waals surface area contributed by atoms with Crippen LogP contribution in [0, 0.1) is 0 Å². The monoisotopic (exact) mass is 410 g/mol. The molecule has 2 amide bonds. The Bertz CT molecular complexity index is 1160. The summed E-state index contributed by atoms with van der Waals surface area (Å²) < 4.78 is 5.99. The first kappa shape index (κ1) is 18.1. The topological polar surface area (TPSA) is 93.2 Å². The third-order valence-corrected chi connectivity index (χ3v) is 5.38. The predicted octanol–water partition coefficient (Wildman–Crippen LogP) is 4.27. The minimum atomic E-state index is -0.299. The summed E-state index contributed by atoms with van der Waals surface area (Å²) >= 11 is 2.68. The molecule has 0 aliphatic heterocycles. The highest BCUT2D eigenvalue weighted by molar-refractivity contribution is 7.22. The van der Waals surface area contributed by atoms with Crippen molar-refractivity contribution in [3.8, 4) is 5.75 Å². The van der Waals surface area contributed by atoms with Crippen LogP contribution in [0.3, 0.4) is 0 Å². The van der Waals surface area contributed by atoms with E-state index in [0.717, 1.165) is 10.2 Å². The van der Waals surface area contributed by atoms with Gasteiger partial charge in [0.05, 0.1) is 22.8 Å². The van der Waals surface area contributed by atoms with Gasteiger partial charge in [0.1, 0.15) is 11.4 Å². The van der Waals surface area contributed by atoms with Gasteiger partial charge < -0.3 is 10.1 Å². The van der Waals surface area contributed by atoms with Crippen LogP contribution in [-0.4, -0.2) is 28.9 Å². The van der Waals surface area contributed by atoms with Gasteiger partial charge in [-0.2, -0.15) is 0 Å². The average Bonchev–Trinajstić information content (AvgIpc) is 3.37. The lowest BCUT2D eigenvalue weighted by molar-refractivity contribution is 0.101. The molecule has 9 heteroatoms. The van der Waals surface area contributed by atoms with E-state index in [9.17, 15) is 9.59 Å². The Morgan fingerprint density at radius 2 is 1.96 bits per heavy atom. The van der Waals surface area contributed by atoms with Crippen LogP contribution in [0.4, 0.5) is 10.8 Å². The molecule has 4 rings (SSSR count). The second-order valence-corrected chi connectivity index (χ2v) is 7.46. The molecule has 2 heterocycles. The van der Waals surface area contributed by atoms with Crippen LogP contribution >= 0.6 is 22.7 Å². The van der Waals surface area contributed by atoms with Crippen LogP contribution < -0.4 is 15.4 Å². The van der Waals surface area contributed by atoms with Crippen molar-refractivity contribution in [2.24, 2.45) is 0 Å². The quantitative estimate of drug-likeness (QED) is 0.513. The van der Waals surface area contributed by atoms with E-state index in [1.807, 2.05) is 6.07 Å². The first-order chi connectivity index (χ1) is 13.6. The van der Waals surface area contributed by atoms with Gasteiger partial charge in [0.2, 0.25) is 0 Å². The smallest absolute Gasteiger partial charge is 0.276 e. The van der Waals surface area contributed by atoms with Gasteiger partial charge in [0.15, 0.2) is 5.13 Å². The summed E-state index contributed by atoms with van der Waals surface area (Å²) in [6, 6.07) is 12.3. The molecule has 28 heavy (non-hydrogen) atoms. The minimum absolute atomic E-state index is 0.236. The Morgan fingerprint density at radius 1 is 1.07 bits per heavy atom. The molecule has 2 N–H and O–H groups in total. The Hall–Kier alpha value is -3.30. The number of anilines is 2. The summed E-state index contributed by atoms with van der Waals surface area (Å²) in [5.74, 6) is 0.0812. The number of benzene rings is 2. The molecular weight excluding hydrogens is 396 g/mol. The number of methoxy groups -OCH3 is 1. The number of aromatic nitrogens is 2. The third kappa shape index (κ3) is 3.85. The summed E-state index contributed by atoms with van der Waals surface area (Å²) in [4.78, 5) is 32.9. The van der Waals surface area contributed by atoms with Gasteiger partial charge in [0.25, 0.3) is 11.8 Å². The SMILES string of the molecule is COc1cccc(C(=O)Nc2ccc3nc(NC(=O)c4cscn4)sc3c2)c1. The Morgan fingerprint density at radius 3 is 2.75 bits per heavy atom. The van der Waals surface area contributed by atoms with E-state index < -0.39 is 0 Å². The van der Waals surface area contributed by atoms with Crippen molar-refractivity contribution in [1.29, 1.82) is 0 Å². The molecule has 0 aliphatic rings. The number of rotatable bonds is 5. The van der Waals surface area contributed by atoms with Crippen molar-refractivity contribution in [3.63, 3.8) is 0 Å². The number of nitrogens with one attached hydrogen (secondary N) is 2. The third-order valence-electron chi connectivity index (χ3n) is 3.86. The lowest BCUT2D eigenvalue weighted by Crippen LogP contribution is -2.11. The molecule has 0 atom stereocenters. The number of amides is 2. The fourth-order valence-electron chi connectivity index (χ4n) is 2.51. The van der Waals surface area contributed by atoms with E-state index in [2.05, 4.69) is 20.6 Å². The molecule has 0 radical (unpaired) electrons. The molecule has 7 nitrogen and oxygen atoms in total. The van der Waals surface area contributed by atoms with Crippen molar-refractivity contribution in [2.45, 2.75) is 0 Å². The summed E-state index contributed by atoms with van der Waals surface area (Å²) in [6.07, 6.45) is 0. The number of hydrogen-bond donors (Lipinski definition) is 2. The fourth-order valence-corrected chi connectivity index (χ4v) is 3.94. The van der Waals surface area contributed by atoms with E-state index >= 15 is 0 Å². The molecule has 4 aromatic rings. The molecule has 0 saturated heterocycles. The maximum atomic E-state index is 12.5. The molecule has 0 aliphatic carbocycles. The van der Waals surface area contributed by atoms with Crippen LogP contribution in [-0.2, 0) is 0 Å².